The third kappa shape index (κ3) is 4.11. The Kier molecular flexibility index (Phi) is 5.63. The molecule has 0 fully saturated rings. The van der Waals surface area contributed by atoms with Gasteiger partial charge in [-0.15, -0.1) is 0 Å². The number of aryl methyl sites for hydroxylation is 2. The molecule has 1 aromatic carbocycles. The third-order valence-electron chi connectivity index (χ3n) is 4.42. The van der Waals surface area contributed by atoms with E-state index in [1.165, 1.54) is 31.2 Å². The average Bonchev–Trinajstić information content (AvgIpc) is 3.07. The van der Waals surface area contributed by atoms with Crippen molar-refractivity contribution >= 4 is 11.9 Å². The van der Waals surface area contributed by atoms with E-state index in [2.05, 4.69) is 5.10 Å². The first-order valence-electron chi connectivity index (χ1n) is 8.91. The van der Waals surface area contributed by atoms with Crippen molar-refractivity contribution < 1.29 is 18.7 Å². The van der Waals surface area contributed by atoms with E-state index >= 15 is 0 Å². The number of hydrogen-bond donors (Lipinski definition) is 0. The number of benzene rings is 1. The van der Waals surface area contributed by atoms with Crippen molar-refractivity contribution in [2.45, 2.75) is 20.4 Å². The number of carbonyl (C=O) groups excluding carboxylic acids is 2. The maximum absolute atomic E-state index is 12.9. The first kappa shape index (κ1) is 20.1. The van der Waals surface area contributed by atoms with E-state index in [1.807, 2.05) is 30.3 Å². The van der Waals surface area contributed by atoms with Crippen LogP contribution in [0.1, 0.15) is 38.1 Å². The van der Waals surface area contributed by atoms with Gasteiger partial charge in [-0.05, 0) is 32.0 Å². The highest BCUT2D eigenvalue weighted by Crippen LogP contribution is 2.17. The molecule has 8 heteroatoms. The van der Waals surface area contributed by atoms with Crippen molar-refractivity contribution in [3.8, 4) is 5.69 Å². The van der Waals surface area contributed by atoms with Crippen LogP contribution in [0.5, 0.6) is 0 Å². The number of hydrogen-bond acceptors (Lipinski definition) is 6. The van der Waals surface area contributed by atoms with E-state index < -0.39 is 17.3 Å². The molecule has 0 saturated heterocycles. The molecule has 0 spiro atoms. The lowest BCUT2D eigenvalue weighted by molar-refractivity contribution is 0.0598. The topological polar surface area (TPSA) is 94.6 Å². The Morgan fingerprint density at radius 3 is 2.52 bits per heavy atom. The molecule has 8 nitrogen and oxygen atoms in total. The Bertz CT molecular complexity index is 1120. The molecule has 150 valence electrons. The van der Waals surface area contributed by atoms with Crippen LogP contribution in [0, 0.1) is 13.8 Å². The molecule has 0 aliphatic carbocycles. The van der Waals surface area contributed by atoms with Crippen LogP contribution in [0.2, 0.25) is 0 Å². The van der Waals surface area contributed by atoms with Crippen LogP contribution in [0.15, 0.2) is 51.7 Å². The van der Waals surface area contributed by atoms with Gasteiger partial charge < -0.3 is 14.1 Å². The number of carbonyl (C=O) groups is 2. The van der Waals surface area contributed by atoms with Gasteiger partial charge in [0.2, 0.25) is 5.43 Å². The molecule has 29 heavy (non-hydrogen) atoms. The van der Waals surface area contributed by atoms with Crippen molar-refractivity contribution in [2.75, 3.05) is 14.2 Å². The fourth-order valence-electron chi connectivity index (χ4n) is 2.95. The minimum Gasteiger partial charge on any atom is -0.465 e. The minimum absolute atomic E-state index is 0.0665. The summed E-state index contributed by atoms with van der Waals surface area (Å²) < 4.78 is 11.8. The van der Waals surface area contributed by atoms with Crippen molar-refractivity contribution in [1.82, 2.24) is 14.7 Å². The van der Waals surface area contributed by atoms with Gasteiger partial charge >= 0.3 is 5.97 Å². The molecular weight excluding hydrogens is 374 g/mol. The molecule has 0 radical (unpaired) electrons. The van der Waals surface area contributed by atoms with E-state index in [0.717, 1.165) is 5.69 Å². The maximum atomic E-state index is 12.9. The molecule has 2 heterocycles. The van der Waals surface area contributed by atoms with Gasteiger partial charge in [0, 0.05) is 18.8 Å². The summed E-state index contributed by atoms with van der Waals surface area (Å²) in [4.78, 5) is 38.3. The molecule has 2 aromatic heterocycles. The van der Waals surface area contributed by atoms with Gasteiger partial charge in [0.25, 0.3) is 5.91 Å². The molecule has 3 rings (SSSR count). The van der Waals surface area contributed by atoms with E-state index in [-0.39, 0.29) is 12.2 Å². The fourth-order valence-corrected chi connectivity index (χ4v) is 2.95. The summed E-state index contributed by atoms with van der Waals surface area (Å²) in [5.41, 5.74) is 0.995. The van der Waals surface area contributed by atoms with Crippen molar-refractivity contribution in [2.24, 2.45) is 0 Å². The largest absolute Gasteiger partial charge is 0.465 e. The lowest BCUT2D eigenvalue weighted by Crippen LogP contribution is -2.33. The van der Waals surface area contributed by atoms with Crippen LogP contribution in [0.4, 0.5) is 0 Å². The second kappa shape index (κ2) is 8.14. The Morgan fingerprint density at radius 2 is 1.86 bits per heavy atom. The van der Waals surface area contributed by atoms with Gasteiger partial charge in [-0.2, -0.15) is 5.10 Å². The molecular formula is C21H21N3O5. The second-order valence-corrected chi connectivity index (χ2v) is 6.58. The highest BCUT2D eigenvalue weighted by molar-refractivity contribution is 5.92. The van der Waals surface area contributed by atoms with Crippen LogP contribution in [-0.2, 0) is 11.3 Å². The molecule has 0 aliphatic heterocycles. The molecule has 0 saturated carbocycles. The number of esters is 1. The average molecular weight is 395 g/mol. The predicted molar refractivity (Wildman–Crippen MR) is 105 cm³/mol. The number of nitrogens with zero attached hydrogens (tertiary/aromatic N) is 3. The Hall–Kier alpha value is -3.68. The summed E-state index contributed by atoms with van der Waals surface area (Å²) in [5.74, 6) is -0.271. The van der Waals surface area contributed by atoms with Crippen LogP contribution < -0.4 is 5.43 Å². The monoisotopic (exact) mass is 395 g/mol. The zero-order chi connectivity index (χ0) is 21.1. The molecule has 0 aliphatic rings. The van der Waals surface area contributed by atoms with Crippen LogP contribution in [0.3, 0.4) is 0 Å². The molecule has 1 amide bonds. The van der Waals surface area contributed by atoms with Crippen molar-refractivity contribution in [3.05, 3.63) is 81.2 Å². The van der Waals surface area contributed by atoms with Crippen molar-refractivity contribution in [1.29, 1.82) is 0 Å². The number of methoxy groups -OCH3 is 1. The van der Waals surface area contributed by atoms with Crippen LogP contribution in [0.25, 0.3) is 5.69 Å². The smallest absolute Gasteiger partial charge is 0.341 e. The number of aromatic nitrogens is 2. The highest BCUT2D eigenvalue weighted by atomic mass is 16.5. The zero-order valence-electron chi connectivity index (χ0n) is 16.6. The summed E-state index contributed by atoms with van der Waals surface area (Å²) in [6, 6.07) is 12.1. The second-order valence-electron chi connectivity index (χ2n) is 6.58. The summed E-state index contributed by atoms with van der Waals surface area (Å²) in [6.07, 6.45) is 0. The van der Waals surface area contributed by atoms with Gasteiger partial charge in [-0.3, -0.25) is 9.59 Å². The standard InChI is InChI=1S/C21H21N3O5/c1-13-10-18(25)19(22-24(13)15-8-6-5-7-9-15)20(26)23(3)12-16-11-17(14(2)29-16)21(27)28-4/h5-11H,12H2,1-4H3. The van der Waals surface area contributed by atoms with E-state index in [1.54, 1.807) is 18.5 Å². The molecule has 0 bridgehead atoms. The molecule has 0 unspecified atom stereocenters. The van der Waals surface area contributed by atoms with E-state index in [4.69, 9.17) is 9.15 Å². The Balaban J connectivity index is 1.88. The Labute approximate surface area is 167 Å². The third-order valence-corrected chi connectivity index (χ3v) is 4.42. The number of para-hydroxylation sites is 1. The highest BCUT2D eigenvalue weighted by Gasteiger charge is 2.22. The van der Waals surface area contributed by atoms with Crippen molar-refractivity contribution in [3.63, 3.8) is 0 Å². The van der Waals surface area contributed by atoms with Gasteiger partial charge in [-0.25, -0.2) is 9.48 Å². The maximum Gasteiger partial charge on any atom is 0.341 e. The predicted octanol–water partition coefficient (Wildman–Crippen LogP) is 2.50. The summed E-state index contributed by atoms with van der Waals surface area (Å²) in [6.45, 7) is 3.45. The van der Waals surface area contributed by atoms with E-state index in [0.29, 0.717) is 22.8 Å². The minimum atomic E-state index is -0.548. The summed E-state index contributed by atoms with van der Waals surface area (Å²) in [5, 5.41) is 4.28. The van der Waals surface area contributed by atoms with Crippen LogP contribution >= 0.6 is 0 Å². The normalized spacial score (nSPS) is 10.6. The number of furan rings is 1. The first-order valence-corrected chi connectivity index (χ1v) is 8.91. The molecule has 0 atom stereocenters. The molecule has 0 N–H and O–H groups in total. The summed E-state index contributed by atoms with van der Waals surface area (Å²) in [7, 11) is 2.82. The fraction of sp³-hybridized carbons (Fsp3) is 0.238. The SMILES string of the molecule is COC(=O)c1cc(CN(C)C(=O)c2nn(-c3ccccc3)c(C)cc2=O)oc1C. The summed E-state index contributed by atoms with van der Waals surface area (Å²) >= 11 is 0. The van der Waals surface area contributed by atoms with Gasteiger partial charge in [-0.1, -0.05) is 18.2 Å². The lowest BCUT2D eigenvalue weighted by Gasteiger charge is -2.16. The quantitative estimate of drug-likeness (QED) is 0.616. The van der Waals surface area contributed by atoms with Gasteiger partial charge in [0.05, 0.1) is 19.3 Å². The number of ether oxygens (including phenoxy) is 1. The molecule has 3 aromatic rings. The van der Waals surface area contributed by atoms with E-state index in [9.17, 15) is 14.4 Å². The van der Waals surface area contributed by atoms with Gasteiger partial charge in [0.15, 0.2) is 5.69 Å². The lowest BCUT2D eigenvalue weighted by atomic mass is 10.2. The van der Waals surface area contributed by atoms with Crippen LogP contribution in [-0.4, -0.2) is 40.7 Å². The van der Waals surface area contributed by atoms with Gasteiger partial charge in [0.1, 0.15) is 17.1 Å². The zero-order valence-corrected chi connectivity index (χ0v) is 16.6. The number of rotatable bonds is 5. The number of amides is 1. The Morgan fingerprint density at radius 1 is 1.17 bits per heavy atom. The first-order chi connectivity index (χ1) is 13.8.